The average Bonchev–Trinajstić information content (AvgIpc) is 2.32. The highest BCUT2D eigenvalue weighted by atomic mass is 16.5. The maximum absolute atomic E-state index is 6.13. The van der Waals surface area contributed by atoms with Crippen molar-refractivity contribution in [2.75, 3.05) is 13.7 Å². The minimum absolute atomic E-state index is 0.468. The van der Waals surface area contributed by atoms with Gasteiger partial charge in [0.2, 0.25) is 0 Å². The number of likely N-dealkylation sites (N-methyl/N-ethyl adjacent to an activating group) is 1. The van der Waals surface area contributed by atoms with Crippen molar-refractivity contribution >= 4 is 0 Å². The van der Waals surface area contributed by atoms with Crippen LogP contribution in [-0.2, 0) is 4.74 Å². The van der Waals surface area contributed by atoms with Crippen molar-refractivity contribution in [1.82, 2.24) is 5.32 Å². The van der Waals surface area contributed by atoms with E-state index in [1.165, 1.54) is 51.4 Å². The van der Waals surface area contributed by atoms with Crippen molar-refractivity contribution in [2.24, 2.45) is 11.8 Å². The summed E-state index contributed by atoms with van der Waals surface area (Å²) in [6.07, 6.45) is 11.7. The summed E-state index contributed by atoms with van der Waals surface area (Å²) in [5.74, 6) is 1.68. The molecule has 2 saturated carbocycles. The van der Waals surface area contributed by atoms with Gasteiger partial charge in [0.15, 0.2) is 0 Å². The minimum Gasteiger partial charge on any atom is -0.377 e. The summed E-state index contributed by atoms with van der Waals surface area (Å²) in [5, 5.41) is 3.56. The van der Waals surface area contributed by atoms with Crippen LogP contribution >= 0.6 is 0 Å². The van der Waals surface area contributed by atoms with Gasteiger partial charge in [0, 0.05) is 12.6 Å². The fraction of sp³-hybridized carbons (Fsp3) is 1.00. The molecule has 0 aromatic carbocycles. The Labute approximate surface area is 107 Å². The highest BCUT2D eigenvalue weighted by molar-refractivity contribution is 4.91. The van der Waals surface area contributed by atoms with Gasteiger partial charge in [-0.05, 0) is 51.5 Å². The van der Waals surface area contributed by atoms with Gasteiger partial charge in [0.05, 0.1) is 6.10 Å². The lowest BCUT2D eigenvalue weighted by Gasteiger charge is -2.42. The fourth-order valence-electron chi connectivity index (χ4n) is 3.66. The largest absolute Gasteiger partial charge is 0.377 e. The van der Waals surface area contributed by atoms with Gasteiger partial charge < -0.3 is 10.1 Å². The summed E-state index contributed by atoms with van der Waals surface area (Å²) in [6, 6.07) is 0.604. The highest BCUT2D eigenvalue weighted by Gasteiger charge is 2.37. The lowest BCUT2D eigenvalue weighted by atomic mass is 9.72. The van der Waals surface area contributed by atoms with Crippen LogP contribution in [0.4, 0.5) is 0 Å². The van der Waals surface area contributed by atoms with Crippen LogP contribution in [0.2, 0.25) is 0 Å². The SMILES string of the molecule is CCOC(C1CCCCC1)C(NC)C1CCC1. The summed E-state index contributed by atoms with van der Waals surface area (Å²) in [6.45, 7) is 3.01. The van der Waals surface area contributed by atoms with Gasteiger partial charge in [0.25, 0.3) is 0 Å². The number of hydrogen-bond donors (Lipinski definition) is 1. The topological polar surface area (TPSA) is 21.3 Å². The molecule has 2 rings (SSSR count). The van der Waals surface area contributed by atoms with E-state index in [0.717, 1.165) is 18.4 Å². The molecule has 1 N–H and O–H groups in total. The van der Waals surface area contributed by atoms with Crippen LogP contribution in [0.1, 0.15) is 58.3 Å². The number of rotatable bonds is 6. The second-order valence-electron chi connectivity index (χ2n) is 5.82. The monoisotopic (exact) mass is 239 g/mol. The molecule has 2 fully saturated rings. The van der Waals surface area contributed by atoms with Gasteiger partial charge in [-0.25, -0.2) is 0 Å². The maximum Gasteiger partial charge on any atom is 0.0758 e. The first kappa shape index (κ1) is 13.4. The predicted molar refractivity (Wildman–Crippen MR) is 72.2 cm³/mol. The quantitative estimate of drug-likeness (QED) is 0.767. The van der Waals surface area contributed by atoms with Crippen LogP contribution in [0.25, 0.3) is 0 Å². The molecule has 0 aromatic heterocycles. The Kier molecular flexibility index (Phi) is 5.30. The third kappa shape index (κ3) is 3.23. The number of ether oxygens (including phenoxy) is 1. The van der Waals surface area contributed by atoms with Gasteiger partial charge in [-0.1, -0.05) is 25.7 Å². The third-order valence-electron chi connectivity index (χ3n) is 4.82. The van der Waals surface area contributed by atoms with Gasteiger partial charge in [-0.3, -0.25) is 0 Å². The normalized spacial score (nSPS) is 26.5. The van der Waals surface area contributed by atoms with E-state index in [2.05, 4.69) is 19.3 Å². The lowest BCUT2D eigenvalue weighted by Crippen LogP contribution is -2.50. The summed E-state index contributed by atoms with van der Waals surface area (Å²) in [4.78, 5) is 0. The third-order valence-corrected chi connectivity index (χ3v) is 4.82. The average molecular weight is 239 g/mol. The molecule has 2 heteroatoms. The fourth-order valence-corrected chi connectivity index (χ4v) is 3.66. The van der Waals surface area contributed by atoms with E-state index in [-0.39, 0.29) is 0 Å². The van der Waals surface area contributed by atoms with Crippen molar-refractivity contribution in [3.63, 3.8) is 0 Å². The summed E-state index contributed by atoms with van der Waals surface area (Å²) < 4.78 is 6.13. The first-order chi connectivity index (χ1) is 8.36. The van der Waals surface area contributed by atoms with Gasteiger partial charge in [-0.15, -0.1) is 0 Å². The van der Waals surface area contributed by atoms with Crippen molar-refractivity contribution in [1.29, 1.82) is 0 Å². The minimum atomic E-state index is 0.468. The van der Waals surface area contributed by atoms with Crippen LogP contribution in [0.5, 0.6) is 0 Å². The van der Waals surface area contributed by atoms with E-state index < -0.39 is 0 Å². The Hall–Kier alpha value is -0.0800. The van der Waals surface area contributed by atoms with Crippen LogP contribution in [0, 0.1) is 11.8 Å². The zero-order valence-electron chi connectivity index (χ0n) is 11.6. The Bertz CT molecular complexity index is 209. The molecule has 0 aliphatic heterocycles. The Morgan fingerprint density at radius 2 is 1.65 bits per heavy atom. The molecule has 2 unspecified atom stereocenters. The zero-order valence-corrected chi connectivity index (χ0v) is 11.6. The van der Waals surface area contributed by atoms with Gasteiger partial charge in [0.1, 0.15) is 0 Å². The summed E-state index contributed by atoms with van der Waals surface area (Å²) in [5.41, 5.74) is 0. The van der Waals surface area contributed by atoms with Gasteiger partial charge >= 0.3 is 0 Å². The zero-order chi connectivity index (χ0) is 12.1. The molecular weight excluding hydrogens is 210 g/mol. The first-order valence-electron chi connectivity index (χ1n) is 7.65. The van der Waals surface area contributed by atoms with Crippen molar-refractivity contribution in [3.8, 4) is 0 Å². The first-order valence-corrected chi connectivity index (χ1v) is 7.65. The van der Waals surface area contributed by atoms with E-state index in [1.54, 1.807) is 0 Å². The van der Waals surface area contributed by atoms with Gasteiger partial charge in [-0.2, -0.15) is 0 Å². The molecule has 0 radical (unpaired) electrons. The van der Waals surface area contributed by atoms with Crippen LogP contribution in [-0.4, -0.2) is 25.8 Å². The molecule has 0 bridgehead atoms. The van der Waals surface area contributed by atoms with E-state index >= 15 is 0 Å². The molecule has 2 aliphatic carbocycles. The molecule has 0 saturated heterocycles. The number of nitrogens with one attached hydrogen (secondary N) is 1. The number of hydrogen-bond acceptors (Lipinski definition) is 2. The van der Waals surface area contributed by atoms with Crippen molar-refractivity contribution < 1.29 is 4.74 Å². The molecule has 0 amide bonds. The molecule has 100 valence electrons. The summed E-state index contributed by atoms with van der Waals surface area (Å²) >= 11 is 0. The van der Waals surface area contributed by atoms with Crippen LogP contribution in [0.3, 0.4) is 0 Å². The highest BCUT2D eigenvalue weighted by Crippen LogP contribution is 2.37. The molecule has 0 aromatic rings. The standard InChI is InChI=1S/C15H29NO/c1-3-17-15(13-8-5-4-6-9-13)14(16-2)12-10-7-11-12/h12-16H,3-11H2,1-2H3. The van der Waals surface area contributed by atoms with E-state index in [1.807, 2.05) is 0 Å². The van der Waals surface area contributed by atoms with Crippen LogP contribution in [0.15, 0.2) is 0 Å². The molecular formula is C15H29NO. The Morgan fingerprint density at radius 3 is 2.12 bits per heavy atom. The molecule has 2 aliphatic rings. The molecule has 2 nitrogen and oxygen atoms in total. The smallest absolute Gasteiger partial charge is 0.0758 e. The second-order valence-corrected chi connectivity index (χ2v) is 5.82. The van der Waals surface area contributed by atoms with E-state index in [9.17, 15) is 0 Å². The van der Waals surface area contributed by atoms with Crippen molar-refractivity contribution in [3.05, 3.63) is 0 Å². The molecule has 0 spiro atoms. The van der Waals surface area contributed by atoms with E-state index in [0.29, 0.717) is 12.1 Å². The summed E-state index contributed by atoms with van der Waals surface area (Å²) in [7, 11) is 2.12. The van der Waals surface area contributed by atoms with Crippen molar-refractivity contribution in [2.45, 2.75) is 70.4 Å². The predicted octanol–water partition coefficient (Wildman–Crippen LogP) is 3.36. The Balaban J connectivity index is 1.97. The molecule has 2 atom stereocenters. The van der Waals surface area contributed by atoms with Crippen LogP contribution < -0.4 is 5.32 Å². The lowest BCUT2D eigenvalue weighted by molar-refractivity contribution is -0.0390. The van der Waals surface area contributed by atoms with E-state index in [4.69, 9.17) is 4.74 Å². The Morgan fingerprint density at radius 1 is 1.00 bits per heavy atom. The molecule has 17 heavy (non-hydrogen) atoms. The molecule has 0 heterocycles. The second kappa shape index (κ2) is 6.75. The maximum atomic E-state index is 6.13.